The molecule has 5 aromatic carbocycles. The van der Waals surface area contributed by atoms with E-state index in [0.717, 1.165) is 50.7 Å². The van der Waals surface area contributed by atoms with E-state index >= 15 is 0 Å². The molecule has 6 aromatic rings. The Morgan fingerprint density at radius 3 is 1.68 bits per heavy atom. The molecule has 198 valence electrons. The third kappa shape index (κ3) is 4.91. The molecule has 1 nitrogen and oxygen atoms in total. The molecule has 0 N–H and O–H groups in total. The number of halogens is 6. The standard InChI is InChI=1S/C33H19F6N/c34-32(35,36)27-16-26(17-28(18-27)33(37,38)39)23-11-9-20-8-10-22(14-25(20)15-23)24-12-13-31(40-19-24)30-7-3-5-21-4-1-2-6-29(21)30/h1-19H. The van der Waals surface area contributed by atoms with Gasteiger partial charge in [0.05, 0.1) is 16.8 Å². The summed E-state index contributed by atoms with van der Waals surface area (Å²) in [6.07, 6.45) is -8.07. The van der Waals surface area contributed by atoms with Gasteiger partial charge in [-0.05, 0) is 74.6 Å². The van der Waals surface area contributed by atoms with Crippen molar-refractivity contribution >= 4 is 21.5 Å². The van der Waals surface area contributed by atoms with Crippen LogP contribution in [0.1, 0.15) is 11.1 Å². The first-order valence-electron chi connectivity index (χ1n) is 12.3. The topological polar surface area (TPSA) is 12.9 Å². The zero-order valence-electron chi connectivity index (χ0n) is 20.7. The molecule has 1 heterocycles. The molecular formula is C33H19F6N. The molecule has 0 atom stereocenters. The lowest BCUT2D eigenvalue weighted by Gasteiger charge is -2.15. The van der Waals surface area contributed by atoms with E-state index in [1.807, 2.05) is 72.8 Å². The van der Waals surface area contributed by atoms with Crippen molar-refractivity contribution in [3.05, 3.63) is 127 Å². The number of hydrogen-bond acceptors (Lipinski definition) is 1. The normalized spacial score (nSPS) is 12.2. The Bertz CT molecular complexity index is 1830. The number of rotatable bonds is 3. The van der Waals surface area contributed by atoms with Gasteiger partial charge in [0.2, 0.25) is 0 Å². The summed E-state index contributed by atoms with van der Waals surface area (Å²) in [6, 6.07) is 30.0. The van der Waals surface area contributed by atoms with Crippen molar-refractivity contribution in [1.82, 2.24) is 4.98 Å². The van der Waals surface area contributed by atoms with E-state index in [-0.39, 0.29) is 17.2 Å². The molecule has 0 bridgehead atoms. The number of fused-ring (bicyclic) bond motifs is 2. The quantitative estimate of drug-likeness (QED) is 0.202. The van der Waals surface area contributed by atoms with Gasteiger partial charge in [0.25, 0.3) is 0 Å². The second kappa shape index (κ2) is 9.52. The van der Waals surface area contributed by atoms with Crippen LogP contribution < -0.4 is 0 Å². The number of alkyl halides is 6. The minimum absolute atomic E-state index is 0.136. The summed E-state index contributed by atoms with van der Waals surface area (Å²) in [4.78, 5) is 4.67. The van der Waals surface area contributed by atoms with Gasteiger partial charge < -0.3 is 0 Å². The van der Waals surface area contributed by atoms with Gasteiger partial charge in [-0.2, -0.15) is 26.3 Å². The van der Waals surface area contributed by atoms with Crippen LogP contribution >= 0.6 is 0 Å². The Labute approximate surface area is 225 Å². The number of hydrogen-bond donors (Lipinski definition) is 0. The second-order valence-electron chi connectivity index (χ2n) is 9.53. The lowest BCUT2D eigenvalue weighted by molar-refractivity contribution is -0.143. The fourth-order valence-corrected chi connectivity index (χ4v) is 4.90. The zero-order valence-corrected chi connectivity index (χ0v) is 20.7. The summed E-state index contributed by atoms with van der Waals surface area (Å²) >= 11 is 0. The van der Waals surface area contributed by atoms with Gasteiger partial charge in [-0.1, -0.05) is 72.8 Å². The van der Waals surface area contributed by atoms with Crippen molar-refractivity contribution in [3.63, 3.8) is 0 Å². The summed E-state index contributed by atoms with van der Waals surface area (Å²) < 4.78 is 80.3. The average Bonchev–Trinajstić information content (AvgIpc) is 2.95. The maximum atomic E-state index is 13.4. The van der Waals surface area contributed by atoms with Crippen LogP contribution in [0.25, 0.3) is 55.1 Å². The van der Waals surface area contributed by atoms with Gasteiger partial charge in [0, 0.05) is 17.3 Å². The van der Waals surface area contributed by atoms with Crippen molar-refractivity contribution in [3.8, 4) is 33.5 Å². The van der Waals surface area contributed by atoms with E-state index < -0.39 is 23.5 Å². The van der Waals surface area contributed by atoms with Crippen LogP contribution in [0.15, 0.2) is 115 Å². The molecule has 0 radical (unpaired) electrons. The van der Waals surface area contributed by atoms with E-state index in [1.165, 1.54) is 6.07 Å². The lowest BCUT2D eigenvalue weighted by Crippen LogP contribution is -2.11. The fourth-order valence-electron chi connectivity index (χ4n) is 4.90. The largest absolute Gasteiger partial charge is 0.416 e. The van der Waals surface area contributed by atoms with Crippen molar-refractivity contribution in [2.75, 3.05) is 0 Å². The third-order valence-electron chi connectivity index (χ3n) is 6.92. The zero-order chi connectivity index (χ0) is 28.1. The van der Waals surface area contributed by atoms with Crippen molar-refractivity contribution < 1.29 is 26.3 Å². The summed E-state index contributed by atoms with van der Waals surface area (Å²) in [5, 5.41) is 3.68. The molecule has 40 heavy (non-hydrogen) atoms. The number of nitrogens with zero attached hydrogens (tertiary/aromatic N) is 1. The van der Waals surface area contributed by atoms with Crippen molar-refractivity contribution in [2.45, 2.75) is 12.4 Å². The van der Waals surface area contributed by atoms with Gasteiger partial charge >= 0.3 is 12.4 Å². The van der Waals surface area contributed by atoms with Gasteiger partial charge in [0.15, 0.2) is 0 Å². The van der Waals surface area contributed by atoms with Gasteiger partial charge in [0.1, 0.15) is 0 Å². The molecule has 0 saturated heterocycles. The summed E-state index contributed by atoms with van der Waals surface area (Å²) in [5.74, 6) is 0. The maximum Gasteiger partial charge on any atom is 0.416 e. The molecule has 0 aliphatic heterocycles. The molecule has 1 aromatic heterocycles. The Balaban J connectivity index is 1.38. The van der Waals surface area contributed by atoms with Crippen LogP contribution in [0.3, 0.4) is 0 Å². The van der Waals surface area contributed by atoms with E-state index in [2.05, 4.69) is 4.98 Å². The van der Waals surface area contributed by atoms with E-state index in [1.54, 1.807) is 18.3 Å². The van der Waals surface area contributed by atoms with Crippen LogP contribution in [-0.4, -0.2) is 4.98 Å². The van der Waals surface area contributed by atoms with Crippen LogP contribution in [-0.2, 0) is 12.4 Å². The summed E-state index contributed by atoms with van der Waals surface area (Å²) in [6.45, 7) is 0. The first-order valence-corrected chi connectivity index (χ1v) is 12.3. The molecule has 0 aliphatic rings. The fraction of sp³-hybridized carbons (Fsp3) is 0.0606. The molecule has 0 unspecified atom stereocenters. The molecule has 0 amide bonds. The Morgan fingerprint density at radius 1 is 0.450 bits per heavy atom. The Morgan fingerprint density at radius 2 is 1.05 bits per heavy atom. The molecule has 0 aliphatic carbocycles. The number of aromatic nitrogens is 1. The van der Waals surface area contributed by atoms with Crippen molar-refractivity contribution in [2.24, 2.45) is 0 Å². The van der Waals surface area contributed by atoms with Crippen LogP contribution in [0.4, 0.5) is 26.3 Å². The second-order valence-corrected chi connectivity index (χ2v) is 9.53. The molecule has 6 rings (SSSR count). The lowest BCUT2D eigenvalue weighted by atomic mass is 9.95. The molecule has 7 heteroatoms. The molecule has 0 spiro atoms. The highest BCUT2D eigenvalue weighted by Gasteiger charge is 2.37. The third-order valence-corrected chi connectivity index (χ3v) is 6.92. The maximum absolute atomic E-state index is 13.4. The predicted molar refractivity (Wildman–Crippen MR) is 146 cm³/mol. The Kier molecular flexibility index (Phi) is 6.10. The highest BCUT2D eigenvalue weighted by Crippen LogP contribution is 2.39. The van der Waals surface area contributed by atoms with Gasteiger partial charge in [-0.25, -0.2) is 0 Å². The molecule has 0 saturated carbocycles. The Hall–Kier alpha value is -4.65. The first-order chi connectivity index (χ1) is 19.1. The highest BCUT2D eigenvalue weighted by molar-refractivity contribution is 5.96. The minimum Gasteiger partial charge on any atom is -0.256 e. The smallest absolute Gasteiger partial charge is 0.256 e. The number of pyridine rings is 1. The van der Waals surface area contributed by atoms with Crippen LogP contribution in [0.2, 0.25) is 0 Å². The molecular weight excluding hydrogens is 524 g/mol. The molecule has 0 fully saturated rings. The van der Waals surface area contributed by atoms with E-state index in [9.17, 15) is 26.3 Å². The average molecular weight is 544 g/mol. The van der Waals surface area contributed by atoms with Gasteiger partial charge in [-0.3, -0.25) is 4.98 Å². The van der Waals surface area contributed by atoms with Crippen LogP contribution in [0.5, 0.6) is 0 Å². The summed E-state index contributed by atoms with van der Waals surface area (Å²) in [7, 11) is 0. The first kappa shape index (κ1) is 25.6. The summed E-state index contributed by atoms with van der Waals surface area (Å²) in [5.41, 5.74) is 0.880. The van der Waals surface area contributed by atoms with E-state index in [0.29, 0.717) is 5.39 Å². The minimum atomic E-state index is -4.91. The number of benzene rings is 5. The predicted octanol–water partition coefficient (Wildman–Crippen LogP) is 10.4. The monoisotopic (exact) mass is 543 g/mol. The van der Waals surface area contributed by atoms with Crippen molar-refractivity contribution in [1.29, 1.82) is 0 Å². The van der Waals surface area contributed by atoms with E-state index in [4.69, 9.17) is 0 Å². The van der Waals surface area contributed by atoms with Crippen LogP contribution in [0, 0.1) is 0 Å². The highest BCUT2D eigenvalue weighted by atomic mass is 19.4. The van der Waals surface area contributed by atoms with Gasteiger partial charge in [-0.15, -0.1) is 0 Å². The SMILES string of the molecule is FC(F)(F)c1cc(-c2ccc3ccc(-c4ccc(-c5cccc6ccccc56)nc4)cc3c2)cc(C(F)(F)F)c1.